The maximum absolute atomic E-state index is 12.3. The van der Waals surface area contributed by atoms with Gasteiger partial charge in [0, 0.05) is 12.5 Å². The molecule has 0 atom stereocenters. The highest BCUT2D eigenvalue weighted by Crippen LogP contribution is 2.39. The lowest BCUT2D eigenvalue weighted by Gasteiger charge is -2.33. The number of rotatable bonds is 4. The van der Waals surface area contributed by atoms with E-state index >= 15 is 0 Å². The first-order valence-corrected chi connectivity index (χ1v) is 9.02. The minimum Gasteiger partial charge on any atom is -0.468 e. The zero-order chi connectivity index (χ0) is 15.5. The largest absolute Gasteiger partial charge is 0.468 e. The molecule has 0 aromatic carbocycles. The number of sulfone groups is 1. The molecule has 1 aliphatic rings. The summed E-state index contributed by atoms with van der Waals surface area (Å²) in [4.78, 5) is 20.6. The number of esters is 1. The van der Waals surface area contributed by atoms with Gasteiger partial charge < -0.3 is 4.74 Å². The Morgan fingerprint density at radius 1 is 1.33 bits per heavy atom. The van der Waals surface area contributed by atoms with Crippen molar-refractivity contribution in [3.8, 4) is 0 Å². The number of methoxy groups -OCH3 is 1. The van der Waals surface area contributed by atoms with Crippen LogP contribution in [0.25, 0.3) is 0 Å². The fraction of sp³-hybridized carbons (Fsp3) is 0.643. The lowest BCUT2D eigenvalue weighted by atomic mass is 9.71. The Bertz CT molecular complexity index is 622. The van der Waals surface area contributed by atoms with Crippen molar-refractivity contribution in [1.82, 2.24) is 9.97 Å². The van der Waals surface area contributed by atoms with Crippen molar-refractivity contribution in [3.63, 3.8) is 0 Å². The molecule has 21 heavy (non-hydrogen) atoms. The van der Waals surface area contributed by atoms with Crippen molar-refractivity contribution in [3.05, 3.63) is 23.8 Å². The molecule has 1 heterocycles. The molecule has 6 nitrogen and oxygen atoms in total. The first-order valence-electron chi connectivity index (χ1n) is 6.96. The van der Waals surface area contributed by atoms with Crippen LogP contribution in [0.1, 0.15) is 43.6 Å². The van der Waals surface area contributed by atoms with Gasteiger partial charge in [-0.2, -0.15) is 0 Å². The molecule has 1 aromatic heterocycles. The van der Waals surface area contributed by atoms with Crippen molar-refractivity contribution in [1.29, 1.82) is 0 Å². The van der Waals surface area contributed by atoms with Crippen molar-refractivity contribution in [2.24, 2.45) is 0 Å². The fourth-order valence-electron chi connectivity index (χ4n) is 2.89. The van der Waals surface area contributed by atoms with E-state index < -0.39 is 15.3 Å². The maximum atomic E-state index is 12.3. The quantitative estimate of drug-likeness (QED) is 0.781. The molecule has 0 amide bonds. The van der Waals surface area contributed by atoms with Crippen molar-refractivity contribution < 1.29 is 17.9 Å². The summed E-state index contributed by atoms with van der Waals surface area (Å²) < 4.78 is 27.7. The van der Waals surface area contributed by atoms with Gasteiger partial charge in [-0.15, -0.1) is 0 Å². The molecule has 0 aliphatic heterocycles. The summed E-state index contributed by atoms with van der Waals surface area (Å²) in [5.41, 5.74) is -0.190. The van der Waals surface area contributed by atoms with Gasteiger partial charge in [0.05, 0.1) is 12.8 Å². The molecule has 0 saturated heterocycles. The summed E-state index contributed by atoms with van der Waals surface area (Å²) in [6, 6.07) is 1.69. The molecule has 1 fully saturated rings. The summed E-state index contributed by atoms with van der Waals surface area (Å²) in [5, 5.41) is 0. The third-order valence-corrected chi connectivity index (χ3v) is 4.65. The van der Waals surface area contributed by atoms with Crippen LogP contribution in [0.5, 0.6) is 0 Å². The number of carbonyl (C=O) groups is 1. The Kier molecular flexibility index (Phi) is 4.61. The molecule has 7 heteroatoms. The predicted molar refractivity (Wildman–Crippen MR) is 77.4 cm³/mol. The third kappa shape index (κ3) is 3.58. The average molecular weight is 312 g/mol. The Morgan fingerprint density at radius 3 is 2.57 bits per heavy atom. The van der Waals surface area contributed by atoms with Crippen LogP contribution in [-0.4, -0.2) is 37.7 Å². The van der Waals surface area contributed by atoms with Gasteiger partial charge in [-0.05, 0) is 18.9 Å². The van der Waals surface area contributed by atoms with E-state index in [4.69, 9.17) is 4.74 Å². The van der Waals surface area contributed by atoms with Crippen molar-refractivity contribution >= 4 is 15.8 Å². The molecular formula is C14H20N2O4S. The molecule has 0 N–H and O–H groups in total. The molecule has 2 rings (SSSR count). The molecule has 0 radical (unpaired) electrons. The second-order valence-corrected chi connectivity index (χ2v) is 7.70. The minimum absolute atomic E-state index is 0.224. The van der Waals surface area contributed by atoms with Crippen molar-refractivity contribution in [2.75, 3.05) is 13.4 Å². The molecular weight excluding hydrogens is 292 g/mol. The summed E-state index contributed by atoms with van der Waals surface area (Å²) in [7, 11) is -1.84. The molecule has 116 valence electrons. The molecule has 1 aromatic rings. The van der Waals surface area contributed by atoms with E-state index in [-0.39, 0.29) is 17.5 Å². The normalized spacial score (nSPS) is 18.2. The van der Waals surface area contributed by atoms with Crippen LogP contribution in [0.4, 0.5) is 0 Å². The number of hydrogen-bond acceptors (Lipinski definition) is 6. The van der Waals surface area contributed by atoms with E-state index in [1.807, 2.05) is 0 Å². The van der Waals surface area contributed by atoms with Gasteiger partial charge in [-0.1, -0.05) is 19.3 Å². The molecule has 0 spiro atoms. The van der Waals surface area contributed by atoms with Gasteiger partial charge in [0.1, 0.15) is 17.0 Å². The fourth-order valence-corrected chi connectivity index (χ4v) is 3.49. The third-order valence-electron chi connectivity index (χ3n) is 3.87. The molecule has 1 saturated carbocycles. The lowest BCUT2D eigenvalue weighted by molar-refractivity contribution is -0.149. The monoisotopic (exact) mass is 312 g/mol. The number of aromatic nitrogens is 2. The Balaban J connectivity index is 2.41. The predicted octanol–water partition coefficient (Wildman–Crippen LogP) is 1.40. The summed E-state index contributed by atoms with van der Waals surface area (Å²) in [6.45, 7) is 0. The highest BCUT2D eigenvalue weighted by atomic mass is 32.2. The van der Waals surface area contributed by atoms with Gasteiger partial charge in [-0.3, -0.25) is 4.79 Å². The summed E-state index contributed by atoms with van der Waals surface area (Å²) >= 11 is 0. The van der Waals surface area contributed by atoms with Crippen LogP contribution < -0.4 is 0 Å². The second kappa shape index (κ2) is 6.09. The van der Waals surface area contributed by atoms with E-state index in [0.29, 0.717) is 18.5 Å². The highest BCUT2D eigenvalue weighted by Gasteiger charge is 2.43. The smallest absolute Gasteiger partial charge is 0.317 e. The maximum Gasteiger partial charge on any atom is 0.317 e. The molecule has 0 bridgehead atoms. The van der Waals surface area contributed by atoms with Crippen LogP contribution in [0.15, 0.2) is 12.3 Å². The number of carbonyl (C=O) groups excluding carboxylic acids is 1. The zero-order valence-electron chi connectivity index (χ0n) is 12.3. The van der Waals surface area contributed by atoms with Crippen LogP contribution in [0, 0.1) is 0 Å². The lowest BCUT2D eigenvalue weighted by Crippen LogP contribution is -2.40. The number of hydrogen-bond donors (Lipinski definition) is 0. The van der Waals surface area contributed by atoms with Crippen LogP contribution >= 0.6 is 0 Å². The standard InChI is InChI=1S/C14H20N2O4S/c1-20-13(17)14(7-4-3-5-8-14)11-6-9-15-12(16-11)10-21(2,18)19/h6,9H,3-5,7-8,10H2,1-2H3. The Hall–Kier alpha value is -1.50. The van der Waals surface area contributed by atoms with Gasteiger partial charge >= 0.3 is 5.97 Å². The zero-order valence-corrected chi connectivity index (χ0v) is 13.1. The first-order chi connectivity index (χ1) is 9.87. The van der Waals surface area contributed by atoms with Crippen molar-refractivity contribution in [2.45, 2.75) is 43.3 Å². The minimum atomic E-state index is -3.21. The van der Waals surface area contributed by atoms with Gasteiger partial charge in [0.15, 0.2) is 9.84 Å². The Labute approximate surface area is 124 Å². The highest BCUT2D eigenvalue weighted by molar-refractivity contribution is 7.89. The van der Waals surface area contributed by atoms with E-state index in [2.05, 4.69) is 9.97 Å². The molecule has 1 aliphatic carbocycles. The summed E-state index contributed by atoms with van der Waals surface area (Å²) in [5.74, 6) is -0.298. The van der Waals surface area contributed by atoms with E-state index in [1.54, 1.807) is 6.07 Å². The number of nitrogens with zero attached hydrogens (tertiary/aromatic N) is 2. The van der Waals surface area contributed by atoms with Gasteiger partial charge in [0.25, 0.3) is 0 Å². The van der Waals surface area contributed by atoms with E-state index in [0.717, 1.165) is 25.5 Å². The SMILES string of the molecule is COC(=O)C1(c2ccnc(CS(C)(=O)=O)n2)CCCCC1. The van der Waals surface area contributed by atoms with Crippen LogP contribution in [-0.2, 0) is 30.5 Å². The topological polar surface area (TPSA) is 86.2 Å². The van der Waals surface area contributed by atoms with Crippen LogP contribution in [0.2, 0.25) is 0 Å². The van der Waals surface area contributed by atoms with E-state index in [1.165, 1.54) is 13.3 Å². The second-order valence-electron chi connectivity index (χ2n) is 5.56. The average Bonchev–Trinajstić information content (AvgIpc) is 2.45. The van der Waals surface area contributed by atoms with Crippen LogP contribution in [0.3, 0.4) is 0 Å². The first kappa shape index (κ1) is 15.9. The molecule has 0 unspecified atom stereocenters. The van der Waals surface area contributed by atoms with Gasteiger partial charge in [-0.25, -0.2) is 18.4 Å². The number of ether oxygens (including phenoxy) is 1. The van der Waals surface area contributed by atoms with E-state index in [9.17, 15) is 13.2 Å². The Morgan fingerprint density at radius 2 is 2.00 bits per heavy atom. The van der Waals surface area contributed by atoms with Gasteiger partial charge in [0.2, 0.25) is 0 Å². The summed E-state index contributed by atoms with van der Waals surface area (Å²) in [6.07, 6.45) is 6.95.